The minimum Gasteiger partial charge on any atom is -0.378 e. The highest BCUT2D eigenvalue weighted by atomic mass is 16.5. The van der Waals surface area contributed by atoms with Gasteiger partial charge in [0.1, 0.15) is 5.78 Å². The zero-order valence-corrected chi connectivity index (χ0v) is 11.2. The summed E-state index contributed by atoms with van der Waals surface area (Å²) in [5.74, 6) is 0.390. The van der Waals surface area contributed by atoms with Gasteiger partial charge in [-0.1, -0.05) is 0 Å². The summed E-state index contributed by atoms with van der Waals surface area (Å²) in [6.45, 7) is 5.28. The molecule has 2 aliphatic rings. The third kappa shape index (κ3) is 2.89. The van der Waals surface area contributed by atoms with Crippen LogP contribution in [0.25, 0.3) is 0 Å². The molecule has 19 heavy (non-hydrogen) atoms. The Balaban J connectivity index is 1.66. The lowest BCUT2D eigenvalue weighted by Crippen LogP contribution is -2.36. The van der Waals surface area contributed by atoms with Gasteiger partial charge in [-0.05, 0) is 24.3 Å². The zero-order valence-electron chi connectivity index (χ0n) is 11.2. The van der Waals surface area contributed by atoms with E-state index in [9.17, 15) is 4.79 Å². The lowest BCUT2D eigenvalue weighted by atomic mass is 10.1. The SMILES string of the molecule is O=C1CCN(c2ccc(N3CCOCC3)cc2)CC1. The van der Waals surface area contributed by atoms with E-state index in [4.69, 9.17) is 4.74 Å². The Morgan fingerprint density at radius 3 is 1.79 bits per heavy atom. The van der Waals surface area contributed by atoms with Gasteiger partial charge in [-0.2, -0.15) is 0 Å². The van der Waals surface area contributed by atoms with Gasteiger partial charge in [0.15, 0.2) is 0 Å². The van der Waals surface area contributed by atoms with E-state index in [1.165, 1.54) is 11.4 Å². The number of rotatable bonds is 2. The van der Waals surface area contributed by atoms with Gasteiger partial charge in [0.05, 0.1) is 13.2 Å². The number of carbonyl (C=O) groups excluding carboxylic acids is 1. The molecule has 3 rings (SSSR count). The molecule has 0 unspecified atom stereocenters. The minimum absolute atomic E-state index is 0.390. The van der Waals surface area contributed by atoms with Gasteiger partial charge in [-0.25, -0.2) is 0 Å². The maximum absolute atomic E-state index is 11.3. The first kappa shape index (κ1) is 12.5. The first-order chi connectivity index (χ1) is 9.33. The summed E-state index contributed by atoms with van der Waals surface area (Å²) < 4.78 is 5.37. The van der Waals surface area contributed by atoms with Crippen molar-refractivity contribution < 1.29 is 9.53 Å². The van der Waals surface area contributed by atoms with Crippen LogP contribution in [0.1, 0.15) is 12.8 Å². The molecule has 2 aliphatic heterocycles. The van der Waals surface area contributed by atoms with Crippen molar-refractivity contribution in [2.45, 2.75) is 12.8 Å². The lowest BCUT2D eigenvalue weighted by molar-refractivity contribution is -0.119. The van der Waals surface area contributed by atoms with Crippen molar-refractivity contribution in [3.63, 3.8) is 0 Å². The number of hydrogen-bond donors (Lipinski definition) is 0. The molecule has 0 amide bonds. The molecule has 2 heterocycles. The number of carbonyl (C=O) groups is 1. The fraction of sp³-hybridized carbons (Fsp3) is 0.533. The number of morpholine rings is 1. The first-order valence-corrected chi connectivity index (χ1v) is 7.02. The molecule has 2 saturated heterocycles. The van der Waals surface area contributed by atoms with Crippen molar-refractivity contribution in [2.24, 2.45) is 0 Å². The highest BCUT2D eigenvalue weighted by Crippen LogP contribution is 2.23. The molecule has 4 heteroatoms. The fourth-order valence-electron chi connectivity index (χ4n) is 2.71. The molecule has 0 aromatic heterocycles. The van der Waals surface area contributed by atoms with Gasteiger partial charge >= 0.3 is 0 Å². The molecule has 4 nitrogen and oxygen atoms in total. The van der Waals surface area contributed by atoms with E-state index in [1.54, 1.807) is 0 Å². The van der Waals surface area contributed by atoms with Gasteiger partial charge in [-0.15, -0.1) is 0 Å². The Labute approximate surface area is 113 Å². The monoisotopic (exact) mass is 260 g/mol. The third-order valence-electron chi connectivity index (χ3n) is 3.91. The van der Waals surface area contributed by atoms with Crippen molar-refractivity contribution in [3.8, 4) is 0 Å². The molecule has 0 aliphatic carbocycles. The molecule has 1 aromatic carbocycles. The number of ketones is 1. The van der Waals surface area contributed by atoms with Gasteiger partial charge in [0.25, 0.3) is 0 Å². The van der Waals surface area contributed by atoms with Crippen LogP contribution in [0, 0.1) is 0 Å². The van der Waals surface area contributed by atoms with Crippen molar-refractivity contribution in [1.29, 1.82) is 0 Å². The third-order valence-corrected chi connectivity index (χ3v) is 3.91. The highest BCUT2D eigenvalue weighted by Gasteiger charge is 2.17. The van der Waals surface area contributed by atoms with Gasteiger partial charge in [-0.3, -0.25) is 4.79 Å². The average Bonchev–Trinajstić information content (AvgIpc) is 2.49. The molecule has 1 aromatic rings. The number of piperidine rings is 1. The summed E-state index contributed by atoms with van der Waals surface area (Å²) in [4.78, 5) is 15.9. The molecule has 0 N–H and O–H groups in total. The second kappa shape index (κ2) is 5.61. The van der Waals surface area contributed by atoms with E-state index in [-0.39, 0.29) is 0 Å². The number of ether oxygens (including phenoxy) is 1. The second-order valence-electron chi connectivity index (χ2n) is 5.14. The Morgan fingerprint density at radius 1 is 0.789 bits per heavy atom. The Kier molecular flexibility index (Phi) is 3.69. The molecule has 102 valence electrons. The normalized spacial score (nSPS) is 20.7. The topological polar surface area (TPSA) is 32.8 Å². The zero-order chi connectivity index (χ0) is 13.1. The van der Waals surface area contributed by atoms with Gasteiger partial charge < -0.3 is 14.5 Å². The summed E-state index contributed by atoms with van der Waals surface area (Å²) in [6.07, 6.45) is 1.37. The number of hydrogen-bond acceptors (Lipinski definition) is 4. The molecule has 2 fully saturated rings. The molecule has 0 radical (unpaired) electrons. The molecule has 0 saturated carbocycles. The van der Waals surface area contributed by atoms with Crippen LogP contribution in [0.2, 0.25) is 0 Å². The Morgan fingerprint density at radius 2 is 1.26 bits per heavy atom. The van der Waals surface area contributed by atoms with E-state index in [0.717, 1.165) is 39.4 Å². The van der Waals surface area contributed by atoms with Crippen molar-refractivity contribution in [3.05, 3.63) is 24.3 Å². The van der Waals surface area contributed by atoms with Crippen LogP contribution < -0.4 is 9.80 Å². The van der Waals surface area contributed by atoms with Crippen LogP contribution in [0.15, 0.2) is 24.3 Å². The summed E-state index contributed by atoms with van der Waals surface area (Å²) >= 11 is 0. The summed E-state index contributed by atoms with van der Waals surface area (Å²) in [6, 6.07) is 8.69. The lowest BCUT2D eigenvalue weighted by Gasteiger charge is -2.31. The predicted octanol–water partition coefficient (Wildman–Crippen LogP) is 1.69. The van der Waals surface area contributed by atoms with E-state index >= 15 is 0 Å². The van der Waals surface area contributed by atoms with Gasteiger partial charge in [0.2, 0.25) is 0 Å². The van der Waals surface area contributed by atoms with E-state index in [1.807, 2.05) is 0 Å². The van der Waals surface area contributed by atoms with Crippen LogP contribution in [-0.4, -0.2) is 45.2 Å². The van der Waals surface area contributed by atoms with Crippen LogP contribution in [0.3, 0.4) is 0 Å². The number of benzene rings is 1. The standard InChI is InChI=1S/C15H20N2O2/c18-15-5-7-16(8-6-15)13-1-3-14(4-2-13)17-9-11-19-12-10-17/h1-4H,5-12H2. The molecular weight excluding hydrogens is 240 g/mol. The van der Waals surface area contributed by atoms with Gasteiger partial charge in [0, 0.05) is 50.4 Å². The largest absolute Gasteiger partial charge is 0.378 e. The van der Waals surface area contributed by atoms with E-state index < -0.39 is 0 Å². The first-order valence-electron chi connectivity index (χ1n) is 7.02. The number of anilines is 2. The highest BCUT2D eigenvalue weighted by molar-refractivity contribution is 5.81. The smallest absolute Gasteiger partial charge is 0.136 e. The summed E-state index contributed by atoms with van der Waals surface area (Å²) in [7, 11) is 0. The quantitative estimate of drug-likeness (QED) is 0.810. The average molecular weight is 260 g/mol. The predicted molar refractivity (Wildman–Crippen MR) is 75.9 cm³/mol. The Bertz CT molecular complexity index is 428. The molecule has 0 bridgehead atoms. The van der Waals surface area contributed by atoms with Crippen LogP contribution >= 0.6 is 0 Å². The number of Topliss-reactive ketones (excluding diaryl/α,β-unsaturated/α-hetero) is 1. The van der Waals surface area contributed by atoms with Crippen molar-refractivity contribution in [2.75, 3.05) is 49.2 Å². The van der Waals surface area contributed by atoms with Crippen LogP contribution in [0.5, 0.6) is 0 Å². The van der Waals surface area contributed by atoms with E-state index in [2.05, 4.69) is 34.1 Å². The van der Waals surface area contributed by atoms with Crippen molar-refractivity contribution >= 4 is 17.2 Å². The maximum Gasteiger partial charge on any atom is 0.136 e. The number of nitrogens with zero attached hydrogens (tertiary/aromatic N) is 2. The second-order valence-corrected chi connectivity index (χ2v) is 5.14. The molecular formula is C15H20N2O2. The molecule has 0 spiro atoms. The fourth-order valence-corrected chi connectivity index (χ4v) is 2.71. The Hall–Kier alpha value is -1.55. The maximum atomic E-state index is 11.3. The van der Waals surface area contributed by atoms with Crippen LogP contribution in [0.4, 0.5) is 11.4 Å². The summed E-state index contributed by atoms with van der Waals surface area (Å²) in [5, 5.41) is 0. The van der Waals surface area contributed by atoms with Crippen LogP contribution in [-0.2, 0) is 9.53 Å². The van der Waals surface area contributed by atoms with E-state index in [0.29, 0.717) is 18.6 Å². The van der Waals surface area contributed by atoms with Crippen molar-refractivity contribution in [1.82, 2.24) is 0 Å². The summed E-state index contributed by atoms with van der Waals surface area (Å²) in [5.41, 5.74) is 2.49. The molecule has 0 atom stereocenters. The minimum atomic E-state index is 0.390.